The largest absolute Gasteiger partial charge is 0.451 e. The quantitative estimate of drug-likeness (QED) is 0.410. The fraction of sp³-hybridized carbons (Fsp3) is 0.231. The normalized spacial score (nSPS) is 16.0. The molecule has 1 saturated heterocycles. The molecule has 0 unspecified atom stereocenters. The standard InChI is InChI=1S/C26H22ClNO4/c27-19-10-11-24-22(13-19)23(29)14-25(32-24)26(30)28(16-20-8-4-12-31-20)15-18-7-3-6-17-5-1-2-9-21(17)18/h1-3,5-7,9-11,13-14,20H,4,8,12,15-16H2/t20-/m0/s1. The molecule has 1 aliphatic rings. The molecule has 3 aromatic carbocycles. The van der Waals surface area contributed by atoms with E-state index in [9.17, 15) is 9.59 Å². The summed E-state index contributed by atoms with van der Waals surface area (Å²) in [7, 11) is 0. The van der Waals surface area contributed by atoms with E-state index in [0.29, 0.717) is 35.7 Å². The van der Waals surface area contributed by atoms with Gasteiger partial charge in [-0.1, -0.05) is 54.1 Å². The lowest BCUT2D eigenvalue weighted by Gasteiger charge is -2.25. The van der Waals surface area contributed by atoms with E-state index in [1.165, 1.54) is 6.07 Å². The Labute approximate surface area is 190 Å². The second kappa shape index (κ2) is 8.77. The van der Waals surface area contributed by atoms with E-state index in [-0.39, 0.29) is 23.2 Å². The first-order valence-corrected chi connectivity index (χ1v) is 11.1. The lowest BCUT2D eigenvalue weighted by Crippen LogP contribution is -2.37. The van der Waals surface area contributed by atoms with E-state index in [4.69, 9.17) is 20.8 Å². The van der Waals surface area contributed by atoms with Crippen LogP contribution in [-0.4, -0.2) is 30.1 Å². The van der Waals surface area contributed by atoms with Gasteiger partial charge in [0.05, 0.1) is 11.5 Å². The predicted octanol–water partition coefficient (Wildman–Crippen LogP) is 5.42. The van der Waals surface area contributed by atoms with Crippen molar-refractivity contribution in [3.63, 3.8) is 0 Å². The Morgan fingerprint density at radius 1 is 1.03 bits per heavy atom. The summed E-state index contributed by atoms with van der Waals surface area (Å²) in [5.74, 6) is -0.314. The molecule has 0 aliphatic carbocycles. The number of halogens is 1. The van der Waals surface area contributed by atoms with Crippen molar-refractivity contribution in [2.75, 3.05) is 13.2 Å². The number of fused-ring (bicyclic) bond motifs is 2. The number of carbonyl (C=O) groups excluding carboxylic acids is 1. The number of hydrogen-bond acceptors (Lipinski definition) is 4. The molecule has 1 aromatic heterocycles. The summed E-state index contributed by atoms with van der Waals surface area (Å²) in [6, 6.07) is 20.2. The molecule has 4 aromatic rings. The van der Waals surface area contributed by atoms with Crippen molar-refractivity contribution in [2.45, 2.75) is 25.5 Å². The third-order valence-electron chi connectivity index (χ3n) is 5.88. The van der Waals surface area contributed by atoms with Crippen LogP contribution in [-0.2, 0) is 11.3 Å². The van der Waals surface area contributed by atoms with E-state index in [1.807, 2.05) is 24.3 Å². The number of hydrogen-bond donors (Lipinski definition) is 0. The molecule has 0 saturated carbocycles. The van der Waals surface area contributed by atoms with Crippen LogP contribution in [0.25, 0.3) is 21.7 Å². The van der Waals surface area contributed by atoms with Gasteiger partial charge < -0.3 is 14.1 Å². The minimum Gasteiger partial charge on any atom is -0.451 e. The highest BCUT2D eigenvalue weighted by Crippen LogP contribution is 2.24. The lowest BCUT2D eigenvalue weighted by molar-refractivity contribution is 0.0485. The fourth-order valence-electron chi connectivity index (χ4n) is 4.28. The van der Waals surface area contributed by atoms with Gasteiger partial charge in [-0.25, -0.2) is 0 Å². The minimum absolute atomic E-state index is 0.0167. The fourth-order valence-corrected chi connectivity index (χ4v) is 4.45. The van der Waals surface area contributed by atoms with Crippen molar-refractivity contribution in [3.05, 3.63) is 93.3 Å². The molecular formula is C26H22ClNO4. The third kappa shape index (κ3) is 4.14. The number of benzene rings is 3. The zero-order valence-corrected chi connectivity index (χ0v) is 18.2. The Morgan fingerprint density at radius 3 is 2.72 bits per heavy atom. The molecule has 1 fully saturated rings. The van der Waals surface area contributed by atoms with Crippen LogP contribution >= 0.6 is 11.6 Å². The molecule has 2 heterocycles. The molecule has 6 heteroatoms. The molecule has 0 N–H and O–H groups in total. The lowest BCUT2D eigenvalue weighted by atomic mass is 10.0. The molecule has 1 atom stereocenters. The van der Waals surface area contributed by atoms with Gasteiger partial charge in [0.25, 0.3) is 5.91 Å². The minimum atomic E-state index is -0.331. The molecule has 0 radical (unpaired) electrons. The summed E-state index contributed by atoms with van der Waals surface area (Å²) in [6.45, 7) is 1.53. The molecule has 1 aliphatic heterocycles. The van der Waals surface area contributed by atoms with Crippen LogP contribution in [0.1, 0.15) is 29.0 Å². The summed E-state index contributed by atoms with van der Waals surface area (Å²) < 4.78 is 11.6. The summed E-state index contributed by atoms with van der Waals surface area (Å²) in [4.78, 5) is 27.9. The van der Waals surface area contributed by atoms with Crippen LogP contribution in [0.2, 0.25) is 5.02 Å². The van der Waals surface area contributed by atoms with Gasteiger partial charge in [-0.3, -0.25) is 9.59 Å². The van der Waals surface area contributed by atoms with Crippen LogP contribution in [0.3, 0.4) is 0 Å². The summed E-state index contributed by atoms with van der Waals surface area (Å²) >= 11 is 6.01. The maximum absolute atomic E-state index is 13.5. The molecule has 5 nitrogen and oxygen atoms in total. The Hall–Kier alpha value is -3.15. The number of nitrogens with zero attached hydrogens (tertiary/aromatic N) is 1. The molecular weight excluding hydrogens is 426 g/mol. The van der Waals surface area contributed by atoms with E-state index in [0.717, 1.165) is 29.2 Å². The molecule has 0 bridgehead atoms. The van der Waals surface area contributed by atoms with Gasteiger partial charge in [-0.05, 0) is 47.4 Å². The van der Waals surface area contributed by atoms with Gasteiger partial charge in [0.2, 0.25) is 0 Å². The predicted molar refractivity (Wildman–Crippen MR) is 125 cm³/mol. The van der Waals surface area contributed by atoms with Gasteiger partial charge in [-0.2, -0.15) is 0 Å². The highest BCUT2D eigenvalue weighted by atomic mass is 35.5. The van der Waals surface area contributed by atoms with E-state index in [1.54, 1.807) is 23.1 Å². The van der Waals surface area contributed by atoms with Gasteiger partial charge >= 0.3 is 0 Å². The Bertz CT molecular complexity index is 1350. The number of carbonyl (C=O) groups is 1. The zero-order chi connectivity index (χ0) is 22.1. The first-order chi connectivity index (χ1) is 15.6. The second-order valence-electron chi connectivity index (χ2n) is 8.07. The monoisotopic (exact) mass is 447 g/mol. The smallest absolute Gasteiger partial charge is 0.290 e. The summed E-state index contributed by atoms with van der Waals surface area (Å²) in [5, 5.41) is 3.01. The number of ether oxygens (including phenoxy) is 1. The Balaban J connectivity index is 1.52. The van der Waals surface area contributed by atoms with Crippen molar-refractivity contribution in [1.29, 1.82) is 0 Å². The molecule has 5 rings (SSSR count). The van der Waals surface area contributed by atoms with Crippen LogP contribution in [0, 0.1) is 0 Å². The number of rotatable bonds is 5. The van der Waals surface area contributed by atoms with Crippen LogP contribution in [0.15, 0.2) is 75.9 Å². The van der Waals surface area contributed by atoms with Crippen LogP contribution < -0.4 is 5.43 Å². The van der Waals surface area contributed by atoms with Crippen molar-refractivity contribution in [2.24, 2.45) is 0 Å². The number of amides is 1. The Kier molecular flexibility index (Phi) is 5.68. The maximum atomic E-state index is 13.5. The molecule has 32 heavy (non-hydrogen) atoms. The van der Waals surface area contributed by atoms with Crippen molar-refractivity contribution in [3.8, 4) is 0 Å². The first-order valence-electron chi connectivity index (χ1n) is 10.7. The molecule has 1 amide bonds. The zero-order valence-electron chi connectivity index (χ0n) is 17.4. The van der Waals surface area contributed by atoms with Crippen molar-refractivity contribution < 1.29 is 13.9 Å². The molecule has 162 valence electrons. The summed E-state index contributed by atoms with van der Waals surface area (Å²) in [6.07, 6.45) is 1.85. The van der Waals surface area contributed by atoms with E-state index < -0.39 is 0 Å². The van der Waals surface area contributed by atoms with Gasteiger partial charge in [-0.15, -0.1) is 0 Å². The first kappa shape index (κ1) is 20.7. The average molecular weight is 448 g/mol. The van der Waals surface area contributed by atoms with E-state index >= 15 is 0 Å². The molecule has 0 spiro atoms. The highest BCUT2D eigenvalue weighted by Gasteiger charge is 2.26. The van der Waals surface area contributed by atoms with Crippen molar-refractivity contribution >= 4 is 39.2 Å². The van der Waals surface area contributed by atoms with Crippen LogP contribution in [0.5, 0.6) is 0 Å². The summed E-state index contributed by atoms with van der Waals surface area (Å²) in [5.41, 5.74) is 1.08. The highest BCUT2D eigenvalue weighted by molar-refractivity contribution is 6.31. The van der Waals surface area contributed by atoms with Crippen molar-refractivity contribution in [1.82, 2.24) is 4.90 Å². The third-order valence-corrected chi connectivity index (χ3v) is 6.11. The van der Waals surface area contributed by atoms with Gasteiger partial charge in [0, 0.05) is 30.8 Å². The Morgan fingerprint density at radius 2 is 1.88 bits per heavy atom. The van der Waals surface area contributed by atoms with Gasteiger partial charge in [0.1, 0.15) is 5.58 Å². The average Bonchev–Trinajstić information content (AvgIpc) is 3.32. The van der Waals surface area contributed by atoms with E-state index in [2.05, 4.69) is 18.2 Å². The maximum Gasteiger partial charge on any atom is 0.290 e. The van der Waals surface area contributed by atoms with Gasteiger partial charge in [0.15, 0.2) is 11.2 Å². The second-order valence-corrected chi connectivity index (χ2v) is 8.51. The van der Waals surface area contributed by atoms with Crippen LogP contribution in [0.4, 0.5) is 0 Å². The topological polar surface area (TPSA) is 59.8 Å². The SMILES string of the molecule is O=C(c1cc(=O)c2cc(Cl)ccc2o1)N(Cc1cccc2ccccc12)C[C@@H]1CCCO1.